The Hall–Kier alpha value is -3.07. The summed E-state index contributed by atoms with van der Waals surface area (Å²) < 4.78 is 31.4. The summed E-state index contributed by atoms with van der Waals surface area (Å²) in [6, 6.07) is 13.8. The molecule has 0 fully saturated rings. The summed E-state index contributed by atoms with van der Waals surface area (Å²) in [5.74, 6) is 0.196. The number of rotatable bonds is 12. The molecule has 2 aromatic rings. The molecule has 2 rings (SSSR count). The standard InChI is InChI=1S/C26H37N3O5S/c1-19(2)27-26(31)21(4)28(18-22-11-8-13-24(17-22)34-5)25(30)14-9-15-29(35(6,32)33)23-12-7-10-20(3)16-23/h7-8,10-13,16-17,19,21H,9,14-15,18H2,1-6H3,(H,27,31). The first-order chi connectivity index (χ1) is 16.4. The lowest BCUT2D eigenvalue weighted by molar-refractivity contribution is -0.140. The number of nitrogens with one attached hydrogen (secondary N) is 1. The molecule has 35 heavy (non-hydrogen) atoms. The highest BCUT2D eigenvalue weighted by molar-refractivity contribution is 7.92. The van der Waals surface area contributed by atoms with Crippen molar-refractivity contribution in [2.45, 2.75) is 59.2 Å². The second-order valence-electron chi connectivity index (χ2n) is 8.99. The number of aryl methyl sites for hydroxylation is 1. The molecule has 0 radical (unpaired) electrons. The number of carbonyl (C=O) groups excluding carboxylic acids is 2. The predicted octanol–water partition coefficient (Wildman–Crippen LogP) is 3.49. The number of nitrogens with zero attached hydrogens (tertiary/aromatic N) is 2. The minimum Gasteiger partial charge on any atom is -0.497 e. The van der Waals surface area contributed by atoms with Crippen LogP contribution in [0.4, 0.5) is 5.69 Å². The van der Waals surface area contributed by atoms with Crippen LogP contribution >= 0.6 is 0 Å². The van der Waals surface area contributed by atoms with E-state index in [0.717, 1.165) is 17.4 Å². The van der Waals surface area contributed by atoms with Gasteiger partial charge in [-0.1, -0.05) is 24.3 Å². The zero-order valence-electron chi connectivity index (χ0n) is 21.4. The van der Waals surface area contributed by atoms with Crippen molar-refractivity contribution in [3.63, 3.8) is 0 Å². The van der Waals surface area contributed by atoms with Crippen molar-refractivity contribution in [1.82, 2.24) is 10.2 Å². The minimum absolute atomic E-state index is 0.0589. The fourth-order valence-corrected chi connectivity index (χ4v) is 4.70. The summed E-state index contributed by atoms with van der Waals surface area (Å²) in [4.78, 5) is 27.6. The largest absolute Gasteiger partial charge is 0.497 e. The highest BCUT2D eigenvalue weighted by atomic mass is 32.2. The van der Waals surface area contributed by atoms with Gasteiger partial charge in [-0.15, -0.1) is 0 Å². The Morgan fingerprint density at radius 1 is 1.06 bits per heavy atom. The van der Waals surface area contributed by atoms with Gasteiger partial charge in [0.05, 0.1) is 19.1 Å². The highest BCUT2D eigenvalue weighted by Gasteiger charge is 2.27. The molecule has 1 atom stereocenters. The summed E-state index contributed by atoms with van der Waals surface area (Å²) in [6.45, 7) is 7.72. The van der Waals surface area contributed by atoms with E-state index < -0.39 is 16.1 Å². The van der Waals surface area contributed by atoms with Gasteiger partial charge in [0, 0.05) is 25.6 Å². The molecule has 0 aliphatic heterocycles. The Bertz CT molecular complexity index is 1120. The SMILES string of the molecule is COc1cccc(CN(C(=O)CCCN(c2cccc(C)c2)S(C)(=O)=O)C(C)C(=O)NC(C)C)c1. The summed E-state index contributed by atoms with van der Waals surface area (Å²) in [7, 11) is -1.95. The van der Waals surface area contributed by atoms with Crippen LogP contribution in [-0.4, -0.2) is 57.1 Å². The van der Waals surface area contributed by atoms with Crippen molar-refractivity contribution in [2.75, 3.05) is 24.2 Å². The van der Waals surface area contributed by atoms with Gasteiger partial charge in [0.15, 0.2) is 0 Å². The van der Waals surface area contributed by atoms with Gasteiger partial charge in [-0.2, -0.15) is 0 Å². The van der Waals surface area contributed by atoms with E-state index in [1.165, 1.54) is 9.21 Å². The number of sulfonamides is 1. The molecule has 0 bridgehead atoms. The topological polar surface area (TPSA) is 96.0 Å². The molecular weight excluding hydrogens is 466 g/mol. The summed E-state index contributed by atoms with van der Waals surface area (Å²) >= 11 is 0. The first kappa shape index (κ1) is 28.2. The van der Waals surface area contributed by atoms with Crippen LogP contribution in [-0.2, 0) is 26.2 Å². The molecular formula is C26H37N3O5S. The molecule has 0 saturated carbocycles. The van der Waals surface area contributed by atoms with Crippen LogP contribution in [0.15, 0.2) is 48.5 Å². The van der Waals surface area contributed by atoms with Crippen LogP contribution in [0.5, 0.6) is 5.75 Å². The molecule has 8 nitrogen and oxygen atoms in total. The van der Waals surface area contributed by atoms with E-state index >= 15 is 0 Å². The summed E-state index contributed by atoms with van der Waals surface area (Å²) in [6.07, 6.45) is 1.57. The fourth-order valence-electron chi connectivity index (χ4n) is 3.74. The number of amides is 2. The third-order valence-corrected chi connectivity index (χ3v) is 6.72. The van der Waals surface area contributed by atoms with Crippen LogP contribution < -0.4 is 14.4 Å². The lowest BCUT2D eigenvalue weighted by atomic mass is 10.1. The minimum atomic E-state index is -3.52. The lowest BCUT2D eigenvalue weighted by Crippen LogP contribution is -2.49. The molecule has 0 aliphatic rings. The summed E-state index contributed by atoms with van der Waals surface area (Å²) in [5, 5.41) is 2.86. The Labute approximate surface area is 209 Å². The number of anilines is 1. The van der Waals surface area contributed by atoms with Gasteiger partial charge in [0.2, 0.25) is 21.8 Å². The van der Waals surface area contributed by atoms with Crippen molar-refractivity contribution < 1.29 is 22.7 Å². The number of hydrogen-bond acceptors (Lipinski definition) is 5. The van der Waals surface area contributed by atoms with E-state index in [2.05, 4.69) is 5.32 Å². The molecule has 9 heteroatoms. The second kappa shape index (κ2) is 12.6. The molecule has 0 heterocycles. The van der Waals surface area contributed by atoms with Crippen LogP contribution in [0.2, 0.25) is 0 Å². The Morgan fingerprint density at radius 3 is 2.34 bits per heavy atom. The van der Waals surface area contributed by atoms with Crippen molar-refractivity contribution in [2.24, 2.45) is 0 Å². The maximum absolute atomic E-state index is 13.3. The van der Waals surface area contributed by atoms with Gasteiger partial charge in [0.1, 0.15) is 11.8 Å². The van der Waals surface area contributed by atoms with Gasteiger partial charge >= 0.3 is 0 Å². The van der Waals surface area contributed by atoms with Gasteiger partial charge in [-0.3, -0.25) is 13.9 Å². The Balaban J connectivity index is 2.19. The second-order valence-corrected chi connectivity index (χ2v) is 10.9. The maximum Gasteiger partial charge on any atom is 0.242 e. The van der Waals surface area contributed by atoms with Gasteiger partial charge in [-0.05, 0) is 69.5 Å². The van der Waals surface area contributed by atoms with Crippen molar-refractivity contribution >= 4 is 27.5 Å². The molecule has 2 aromatic carbocycles. The third kappa shape index (κ3) is 8.58. The molecule has 1 unspecified atom stereocenters. The monoisotopic (exact) mass is 503 g/mol. The quantitative estimate of drug-likeness (QED) is 0.478. The average molecular weight is 504 g/mol. The molecule has 0 spiro atoms. The van der Waals surface area contributed by atoms with Crippen LogP contribution in [0, 0.1) is 6.92 Å². The van der Waals surface area contributed by atoms with E-state index in [1.54, 1.807) is 32.2 Å². The number of methoxy groups -OCH3 is 1. The number of benzene rings is 2. The Morgan fingerprint density at radius 2 is 1.74 bits per heavy atom. The zero-order chi connectivity index (χ0) is 26.2. The van der Waals surface area contributed by atoms with Crippen molar-refractivity contribution in [1.29, 1.82) is 0 Å². The molecule has 0 saturated heterocycles. The predicted molar refractivity (Wildman–Crippen MR) is 139 cm³/mol. The lowest BCUT2D eigenvalue weighted by Gasteiger charge is -2.30. The number of hydrogen-bond donors (Lipinski definition) is 1. The first-order valence-electron chi connectivity index (χ1n) is 11.7. The fraction of sp³-hybridized carbons (Fsp3) is 0.462. The van der Waals surface area contributed by atoms with Crippen LogP contribution in [0.1, 0.15) is 44.7 Å². The summed E-state index contributed by atoms with van der Waals surface area (Å²) in [5.41, 5.74) is 2.35. The van der Waals surface area contributed by atoms with E-state index in [9.17, 15) is 18.0 Å². The first-order valence-corrected chi connectivity index (χ1v) is 13.5. The van der Waals surface area contributed by atoms with E-state index in [-0.39, 0.29) is 37.4 Å². The smallest absolute Gasteiger partial charge is 0.242 e. The average Bonchev–Trinajstić information content (AvgIpc) is 2.78. The number of carbonyl (C=O) groups is 2. The maximum atomic E-state index is 13.3. The molecule has 1 N–H and O–H groups in total. The molecule has 0 aliphatic carbocycles. The molecule has 192 valence electrons. The van der Waals surface area contributed by atoms with E-state index in [4.69, 9.17) is 4.74 Å². The Kier molecular flexibility index (Phi) is 10.1. The number of ether oxygens (including phenoxy) is 1. The zero-order valence-corrected chi connectivity index (χ0v) is 22.3. The van der Waals surface area contributed by atoms with Crippen molar-refractivity contribution in [3.8, 4) is 5.75 Å². The molecule has 0 aromatic heterocycles. The van der Waals surface area contributed by atoms with Crippen LogP contribution in [0.3, 0.4) is 0 Å². The van der Waals surface area contributed by atoms with Crippen LogP contribution in [0.25, 0.3) is 0 Å². The van der Waals surface area contributed by atoms with Gasteiger partial charge in [0.25, 0.3) is 0 Å². The van der Waals surface area contributed by atoms with Crippen molar-refractivity contribution in [3.05, 3.63) is 59.7 Å². The normalized spacial score (nSPS) is 12.2. The van der Waals surface area contributed by atoms with E-state index in [1.807, 2.05) is 51.1 Å². The van der Waals surface area contributed by atoms with Gasteiger partial charge < -0.3 is 15.0 Å². The van der Waals surface area contributed by atoms with Gasteiger partial charge in [-0.25, -0.2) is 8.42 Å². The van der Waals surface area contributed by atoms with E-state index in [0.29, 0.717) is 17.9 Å². The molecule has 2 amide bonds. The highest BCUT2D eigenvalue weighted by Crippen LogP contribution is 2.21. The third-order valence-electron chi connectivity index (χ3n) is 5.53.